The van der Waals surface area contributed by atoms with Crippen molar-refractivity contribution in [3.63, 3.8) is 0 Å². The number of carbonyl (C=O) groups is 2. The molecule has 1 aromatic heterocycles. The number of hydrogen-bond donors (Lipinski definition) is 0. The van der Waals surface area contributed by atoms with Gasteiger partial charge in [-0.25, -0.2) is 4.39 Å². The van der Waals surface area contributed by atoms with Gasteiger partial charge in [0.15, 0.2) is 0 Å². The topological polar surface area (TPSA) is 49.9 Å². The van der Waals surface area contributed by atoms with Gasteiger partial charge < -0.3 is 14.5 Å². The highest BCUT2D eigenvalue weighted by Crippen LogP contribution is 2.34. The second-order valence-electron chi connectivity index (χ2n) is 8.99. The molecule has 4 rings (SSSR count). The first kappa shape index (κ1) is 24.9. The Bertz CT molecular complexity index is 1150. The van der Waals surface area contributed by atoms with E-state index in [0.29, 0.717) is 24.4 Å². The first-order valence-electron chi connectivity index (χ1n) is 12.0. The highest BCUT2D eigenvalue weighted by Gasteiger charge is 2.34. The molecule has 2 amide bonds. The summed E-state index contributed by atoms with van der Waals surface area (Å²) >= 11 is 1.68. The number of hydrogen-bond acceptors (Lipinski definition) is 4. The molecule has 0 fully saturated rings. The summed E-state index contributed by atoms with van der Waals surface area (Å²) in [4.78, 5) is 31.7. The van der Waals surface area contributed by atoms with Crippen molar-refractivity contribution in [2.45, 2.75) is 32.7 Å². The Hall–Kier alpha value is -3.19. The van der Waals surface area contributed by atoms with Crippen molar-refractivity contribution in [3.8, 4) is 5.75 Å². The Morgan fingerprint density at radius 3 is 2.71 bits per heavy atom. The van der Waals surface area contributed by atoms with Crippen molar-refractivity contribution in [2.75, 3.05) is 26.2 Å². The number of nitrogens with zero attached hydrogens (tertiary/aromatic N) is 2. The molecule has 1 aliphatic rings. The molecule has 1 aliphatic heterocycles. The van der Waals surface area contributed by atoms with E-state index in [9.17, 15) is 14.0 Å². The number of fused-ring (bicyclic) bond motifs is 1. The van der Waals surface area contributed by atoms with Gasteiger partial charge in [0.25, 0.3) is 5.91 Å². The third-order valence-electron chi connectivity index (χ3n) is 6.48. The maximum absolute atomic E-state index is 13.6. The Morgan fingerprint density at radius 2 is 1.97 bits per heavy atom. The summed E-state index contributed by atoms with van der Waals surface area (Å²) in [5, 5.41) is 2.03. The number of thiophene rings is 1. The van der Waals surface area contributed by atoms with E-state index in [-0.39, 0.29) is 42.7 Å². The molecule has 35 heavy (non-hydrogen) atoms. The first-order chi connectivity index (χ1) is 17.0. The predicted octanol–water partition coefficient (Wildman–Crippen LogP) is 5.58. The molecule has 7 heteroatoms. The summed E-state index contributed by atoms with van der Waals surface area (Å²) in [5.41, 5.74) is 1.64. The van der Waals surface area contributed by atoms with Crippen molar-refractivity contribution in [1.82, 2.24) is 9.80 Å². The minimum absolute atomic E-state index is 0.00794. The van der Waals surface area contributed by atoms with Gasteiger partial charge in [0.1, 0.15) is 24.7 Å². The minimum Gasteiger partial charge on any atom is -0.491 e. The van der Waals surface area contributed by atoms with Gasteiger partial charge in [-0.15, -0.1) is 11.3 Å². The summed E-state index contributed by atoms with van der Waals surface area (Å²) < 4.78 is 19.6. The van der Waals surface area contributed by atoms with Crippen LogP contribution >= 0.6 is 11.3 Å². The fraction of sp³-hybridized carbons (Fsp3) is 0.357. The molecule has 0 saturated heterocycles. The maximum Gasteiger partial charge on any atom is 0.254 e. The van der Waals surface area contributed by atoms with Crippen molar-refractivity contribution in [2.24, 2.45) is 5.92 Å². The van der Waals surface area contributed by atoms with E-state index in [2.05, 4.69) is 13.8 Å². The monoisotopic (exact) mass is 494 g/mol. The molecular weight excluding hydrogens is 463 g/mol. The van der Waals surface area contributed by atoms with Crippen LogP contribution < -0.4 is 4.74 Å². The molecule has 3 aromatic rings. The highest BCUT2D eigenvalue weighted by atomic mass is 32.1. The number of rotatable bonds is 9. The fourth-order valence-electron chi connectivity index (χ4n) is 4.35. The Kier molecular flexibility index (Phi) is 8.18. The van der Waals surface area contributed by atoms with Crippen LogP contribution in [0.2, 0.25) is 0 Å². The normalized spacial score (nSPS) is 15.9. The van der Waals surface area contributed by atoms with Crippen LogP contribution in [0, 0.1) is 11.7 Å². The zero-order valence-electron chi connectivity index (χ0n) is 20.2. The van der Waals surface area contributed by atoms with E-state index >= 15 is 0 Å². The summed E-state index contributed by atoms with van der Waals surface area (Å²) in [6.07, 6.45) is 1.69. The van der Waals surface area contributed by atoms with Gasteiger partial charge in [-0.3, -0.25) is 9.59 Å². The Morgan fingerprint density at radius 1 is 1.17 bits per heavy atom. The smallest absolute Gasteiger partial charge is 0.254 e. The predicted molar refractivity (Wildman–Crippen MR) is 136 cm³/mol. The lowest BCUT2D eigenvalue weighted by atomic mass is 10.00. The van der Waals surface area contributed by atoms with E-state index < -0.39 is 0 Å². The molecule has 2 heterocycles. The van der Waals surface area contributed by atoms with Gasteiger partial charge in [0, 0.05) is 29.6 Å². The van der Waals surface area contributed by atoms with Crippen molar-refractivity contribution >= 4 is 23.2 Å². The molecule has 0 bridgehead atoms. The third kappa shape index (κ3) is 6.09. The van der Waals surface area contributed by atoms with Crippen LogP contribution in [-0.2, 0) is 11.2 Å². The summed E-state index contributed by atoms with van der Waals surface area (Å²) in [5.74, 6) is 0.0857. The van der Waals surface area contributed by atoms with Crippen LogP contribution in [0.3, 0.4) is 0 Å². The van der Waals surface area contributed by atoms with Crippen LogP contribution in [0.25, 0.3) is 0 Å². The molecule has 0 N–H and O–H groups in total. The standard InChI is InChI=1S/C28H31FN2O3S/c1-3-20(2)17-30(28(33)21-8-5-4-6-9-21)18-27(32)31-14-12-26-24(13-15-35-26)25(31)19-34-23-11-7-10-22(29)16-23/h4-11,13,15-16,20,25H,3,12,14,17-19H2,1-2H3. The average Bonchev–Trinajstić information content (AvgIpc) is 3.36. The molecule has 0 saturated carbocycles. The van der Waals surface area contributed by atoms with E-state index in [4.69, 9.17) is 4.74 Å². The lowest BCUT2D eigenvalue weighted by Crippen LogP contribution is -2.48. The number of halogens is 1. The van der Waals surface area contributed by atoms with Crippen molar-refractivity contribution < 1.29 is 18.7 Å². The van der Waals surface area contributed by atoms with E-state index in [1.165, 1.54) is 17.0 Å². The number of carbonyl (C=O) groups excluding carboxylic acids is 2. The molecule has 0 aliphatic carbocycles. The minimum atomic E-state index is -0.365. The largest absolute Gasteiger partial charge is 0.491 e. The van der Waals surface area contributed by atoms with Crippen LogP contribution in [0.4, 0.5) is 4.39 Å². The lowest BCUT2D eigenvalue weighted by Gasteiger charge is -2.37. The zero-order chi connectivity index (χ0) is 24.8. The van der Waals surface area contributed by atoms with Crippen LogP contribution in [0.5, 0.6) is 5.75 Å². The van der Waals surface area contributed by atoms with E-state index in [0.717, 1.165) is 18.4 Å². The zero-order valence-corrected chi connectivity index (χ0v) is 21.0. The molecular formula is C28H31FN2O3S. The van der Waals surface area contributed by atoms with Crippen molar-refractivity contribution in [1.29, 1.82) is 0 Å². The second kappa shape index (κ2) is 11.5. The lowest BCUT2D eigenvalue weighted by molar-refractivity contribution is -0.135. The fourth-order valence-corrected chi connectivity index (χ4v) is 5.28. The second-order valence-corrected chi connectivity index (χ2v) is 9.99. The molecule has 5 nitrogen and oxygen atoms in total. The van der Waals surface area contributed by atoms with Crippen LogP contribution in [0.1, 0.15) is 47.1 Å². The molecule has 184 valence electrons. The molecule has 0 spiro atoms. The van der Waals surface area contributed by atoms with Crippen LogP contribution in [0.15, 0.2) is 66.0 Å². The highest BCUT2D eigenvalue weighted by molar-refractivity contribution is 7.10. The quantitative estimate of drug-likeness (QED) is 0.390. The first-order valence-corrected chi connectivity index (χ1v) is 12.9. The Balaban J connectivity index is 1.54. The summed E-state index contributed by atoms with van der Waals surface area (Å²) in [7, 11) is 0. The Labute approximate surface area is 210 Å². The van der Waals surface area contributed by atoms with Gasteiger partial charge in [0.2, 0.25) is 5.91 Å². The average molecular weight is 495 g/mol. The van der Waals surface area contributed by atoms with Crippen molar-refractivity contribution in [3.05, 3.63) is 87.9 Å². The maximum atomic E-state index is 13.6. The van der Waals surface area contributed by atoms with Crippen LogP contribution in [-0.4, -0.2) is 47.9 Å². The number of amides is 2. The van der Waals surface area contributed by atoms with Gasteiger partial charge in [-0.1, -0.05) is 44.5 Å². The molecule has 2 aromatic carbocycles. The number of ether oxygens (including phenoxy) is 1. The number of benzene rings is 2. The molecule has 2 atom stereocenters. The van der Waals surface area contributed by atoms with Gasteiger partial charge in [-0.2, -0.15) is 0 Å². The van der Waals surface area contributed by atoms with E-state index in [1.807, 2.05) is 34.5 Å². The molecule has 0 radical (unpaired) electrons. The van der Waals surface area contributed by atoms with Gasteiger partial charge in [0.05, 0.1) is 6.04 Å². The molecule has 2 unspecified atom stereocenters. The van der Waals surface area contributed by atoms with Gasteiger partial charge >= 0.3 is 0 Å². The summed E-state index contributed by atoms with van der Waals surface area (Å²) in [6.45, 7) is 5.47. The SMILES string of the molecule is CCC(C)CN(CC(=O)N1CCc2sccc2C1COc1cccc(F)c1)C(=O)c1ccccc1. The van der Waals surface area contributed by atoms with E-state index in [1.54, 1.807) is 40.5 Å². The third-order valence-corrected chi connectivity index (χ3v) is 7.48. The summed E-state index contributed by atoms with van der Waals surface area (Å²) in [6, 6.07) is 16.9. The van der Waals surface area contributed by atoms with Gasteiger partial charge in [-0.05, 0) is 53.6 Å².